The van der Waals surface area contributed by atoms with E-state index in [2.05, 4.69) is 9.97 Å². The molecule has 0 bridgehead atoms. The van der Waals surface area contributed by atoms with Gasteiger partial charge in [0.2, 0.25) is 0 Å². The van der Waals surface area contributed by atoms with Crippen LogP contribution in [0.5, 0.6) is 0 Å². The molecule has 15 heavy (non-hydrogen) atoms. The molecule has 1 aromatic rings. The second-order valence-electron chi connectivity index (χ2n) is 2.88. The Morgan fingerprint density at radius 2 is 2.13 bits per heavy atom. The number of aryl methyl sites for hydroxylation is 1. The zero-order valence-corrected chi connectivity index (χ0v) is 8.73. The molecular weight excluding hydrogens is 194 g/mol. The van der Waals surface area contributed by atoms with Gasteiger partial charge in [-0.3, -0.25) is 0 Å². The van der Waals surface area contributed by atoms with E-state index >= 15 is 0 Å². The number of hydrogen-bond acceptors (Lipinski definition) is 5. The minimum absolute atomic E-state index is 0.178. The van der Waals surface area contributed by atoms with Crippen LogP contribution in [0.1, 0.15) is 18.3 Å². The first-order valence-corrected chi connectivity index (χ1v) is 4.57. The van der Waals surface area contributed by atoms with Gasteiger partial charge in [0.1, 0.15) is 5.57 Å². The van der Waals surface area contributed by atoms with Crippen LogP contribution in [-0.2, 0) is 9.53 Å². The van der Waals surface area contributed by atoms with E-state index in [1.54, 1.807) is 19.3 Å². The molecular formula is C10H13N3O2. The van der Waals surface area contributed by atoms with Crippen molar-refractivity contribution in [2.45, 2.75) is 13.8 Å². The Morgan fingerprint density at radius 1 is 1.53 bits per heavy atom. The summed E-state index contributed by atoms with van der Waals surface area (Å²) < 4.78 is 4.81. The standard InChI is InChI=1S/C10H13N3O2/c1-3-15-10(14)8(4-11)9-12-5-7(2)6-13-9/h4-6H,3,11H2,1-2H3. The van der Waals surface area contributed by atoms with Gasteiger partial charge < -0.3 is 10.5 Å². The van der Waals surface area contributed by atoms with E-state index in [0.717, 1.165) is 11.8 Å². The monoisotopic (exact) mass is 207 g/mol. The minimum atomic E-state index is -0.510. The Morgan fingerprint density at radius 3 is 2.60 bits per heavy atom. The van der Waals surface area contributed by atoms with Gasteiger partial charge in [-0.2, -0.15) is 0 Å². The molecule has 5 heteroatoms. The lowest BCUT2D eigenvalue weighted by atomic mass is 10.2. The molecule has 0 saturated carbocycles. The third kappa shape index (κ3) is 2.77. The maximum absolute atomic E-state index is 11.4. The first kappa shape index (κ1) is 11.2. The van der Waals surface area contributed by atoms with E-state index in [4.69, 9.17) is 10.5 Å². The molecule has 0 unspecified atom stereocenters. The molecule has 0 aromatic carbocycles. The molecule has 1 heterocycles. The average molecular weight is 207 g/mol. The molecule has 0 radical (unpaired) electrons. The second kappa shape index (κ2) is 5.09. The van der Waals surface area contributed by atoms with Crippen molar-refractivity contribution in [3.63, 3.8) is 0 Å². The maximum atomic E-state index is 11.4. The van der Waals surface area contributed by atoms with Crippen LogP contribution in [0.2, 0.25) is 0 Å². The van der Waals surface area contributed by atoms with Crippen molar-refractivity contribution in [2.75, 3.05) is 6.61 Å². The summed E-state index contributed by atoms with van der Waals surface area (Å²) in [7, 11) is 0. The number of nitrogens with two attached hydrogens (primary N) is 1. The predicted molar refractivity (Wildman–Crippen MR) is 55.6 cm³/mol. The van der Waals surface area contributed by atoms with Gasteiger partial charge in [0.15, 0.2) is 5.82 Å². The molecule has 0 amide bonds. The van der Waals surface area contributed by atoms with Gasteiger partial charge in [-0.1, -0.05) is 0 Å². The molecule has 1 aromatic heterocycles. The Bertz CT molecular complexity index is 371. The van der Waals surface area contributed by atoms with Gasteiger partial charge in [-0.05, 0) is 19.4 Å². The highest BCUT2D eigenvalue weighted by Gasteiger charge is 2.14. The molecule has 0 saturated heterocycles. The van der Waals surface area contributed by atoms with Gasteiger partial charge in [0, 0.05) is 18.6 Å². The average Bonchev–Trinajstić information content (AvgIpc) is 2.22. The number of carbonyl (C=O) groups excluding carboxylic acids is 1. The van der Waals surface area contributed by atoms with Crippen molar-refractivity contribution in [1.29, 1.82) is 0 Å². The zero-order valence-electron chi connectivity index (χ0n) is 8.73. The van der Waals surface area contributed by atoms with E-state index in [1.807, 2.05) is 6.92 Å². The lowest BCUT2D eigenvalue weighted by Crippen LogP contribution is -2.11. The van der Waals surface area contributed by atoms with Crippen molar-refractivity contribution in [1.82, 2.24) is 9.97 Å². The fraction of sp³-hybridized carbons (Fsp3) is 0.300. The summed E-state index contributed by atoms with van der Waals surface area (Å²) in [6.45, 7) is 3.88. The Balaban J connectivity index is 2.94. The molecule has 80 valence electrons. The van der Waals surface area contributed by atoms with Crippen molar-refractivity contribution in [3.05, 3.63) is 30.0 Å². The van der Waals surface area contributed by atoms with Gasteiger partial charge in [-0.25, -0.2) is 14.8 Å². The molecule has 0 spiro atoms. The number of ether oxygens (including phenoxy) is 1. The summed E-state index contributed by atoms with van der Waals surface area (Å²) in [6.07, 6.45) is 4.39. The highest BCUT2D eigenvalue weighted by Crippen LogP contribution is 2.09. The highest BCUT2D eigenvalue weighted by molar-refractivity contribution is 6.15. The van der Waals surface area contributed by atoms with Crippen molar-refractivity contribution < 1.29 is 9.53 Å². The van der Waals surface area contributed by atoms with Crippen LogP contribution in [0.4, 0.5) is 0 Å². The largest absolute Gasteiger partial charge is 0.462 e. The van der Waals surface area contributed by atoms with Crippen LogP contribution >= 0.6 is 0 Å². The van der Waals surface area contributed by atoms with E-state index in [1.165, 1.54) is 0 Å². The summed E-state index contributed by atoms with van der Waals surface area (Å²) in [4.78, 5) is 19.4. The number of carbonyl (C=O) groups is 1. The van der Waals surface area contributed by atoms with Crippen molar-refractivity contribution >= 4 is 11.5 Å². The molecule has 2 N–H and O–H groups in total. The number of nitrogens with zero attached hydrogens (tertiary/aromatic N) is 2. The topological polar surface area (TPSA) is 78.1 Å². The molecule has 5 nitrogen and oxygen atoms in total. The predicted octanol–water partition coefficient (Wildman–Crippen LogP) is 0.648. The summed E-state index contributed by atoms with van der Waals surface area (Å²) >= 11 is 0. The SMILES string of the molecule is CCOC(=O)C(=CN)c1ncc(C)cn1. The number of aromatic nitrogens is 2. The zero-order chi connectivity index (χ0) is 11.3. The van der Waals surface area contributed by atoms with Crippen molar-refractivity contribution in [2.24, 2.45) is 5.73 Å². The fourth-order valence-corrected chi connectivity index (χ4v) is 0.974. The third-order valence-corrected chi connectivity index (χ3v) is 1.68. The molecule has 0 atom stereocenters. The van der Waals surface area contributed by atoms with Crippen molar-refractivity contribution in [3.8, 4) is 0 Å². The molecule has 0 aliphatic rings. The molecule has 0 aliphatic carbocycles. The van der Waals surface area contributed by atoms with E-state index < -0.39 is 5.97 Å². The van der Waals surface area contributed by atoms with Gasteiger partial charge >= 0.3 is 5.97 Å². The Kier molecular flexibility index (Phi) is 3.79. The highest BCUT2D eigenvalue weighted by atomic mass is 16.5. The van der Waals surface area contributed by atoms with Crippen LogP contribution < -0.4 is 5.73 Å². The van der Waals surface area contributed by atoms with Crippen LogP contribution in [0.25, 0.3) is 5.57 Å². The Hall–Kier alpha value is -1.91. The first-order valence-electron chi connectivity index (χ1n) is 4.57. The fourth-order valence-electron chi connectivity index (χ4n) is 0.974. The summed E-state index contributed by atoms with van der Waals surface area (Å²) in [5, 5.41) is 0. The lowest BCUT2D eigenvalue weighted by molar-refractivity contribution is -0.136. The minimum Gasteiger partial charge on any atom is -0.462 e. The van der Waals surface area contributed by atoms with Gasteiger partial charge in [-0.15, -0.1) is 0 Å². The smallest absolute Gasteiger partial charge is 0.343 e. The second-order valence-corrected chi connectivity index (χ2v) is 2.88. The number of hydrogen-bond donors (Lipinski definition) is 1. The summed E-state index contributed by atoms with van der Waals surface area (Å²) in [5.41, 5.74) is 6.42. The van der Waals surface area contributed by atoms with Crippen LogP contribution in [-0.4, -0.2) is 22.5 Å². The number of rotatable bonds is 3. The Labute approximate surface area is 88.0 Å². The van der Waals surface area contributed by atoms with Crippen LogP contribution in [0.15, 0.2) is 18.6 Å². The van der Waals surface area contributed by atoms with Gasteiger partial charge in [0.25, 0.3) is 0 Å². The maximum Gasteiger partial charge on any atom is 0.343 e. The van der Waals surface area contributed by atoms with Crippen LogP contribution in [0.3, 0.4) is 0 Å². The normalized spacial score (nSPS) is 11.2. The first-order chi connectivity index (χ1) is 7.19. The third-order valence-electron chi connectivity index (χ3n) is 1.68. The summed E-state index contributed by atoms with van der Waals surface area (Å²) in [5.74, 6) is -0.231. The van der Waals surface area contributed by atoms with E-state index in [9.17, 15) is 4.79 Å². The molecule has 1 rings (SSSR count). The van der Waals surface area contributed by atoms with E-state index in [0.29, 0.717) is 6.61 Å². The van der Waals surface area contributed by atoms with Gasteiger partial charge in [0.05, 0.1) is 6.61 Å². The van der Waals surface area contributed by atoms with E-state index in [-0.39, 0.29) is 11.4 Å². The lowest BCUT2D eigenvalue weighted by Gasteiger charge is -2.04. The summed E-state index contributed by atoms with van der Waals surface area (Å²) in [6, 6.07) is 0. The van der Waals surface area contributed by atoms with Crippen LogP contribution in [0, 0.1) is 6.92 Å². The molecule has 0 fully saturated rings. The number of esters is 1. The quantitative estimate of drug-likeness (QED) is 0.581. The molecule has 0 aliphatic heterocycles.